The van der Waals surface area contributed by atoms with Crippen molar-refractivity contribution in [2.75, 3.05) is 0 Å². The Balaban J connectivity index is 1.83. The van der Waals surface area contributed by atoms with Crippen LogP contribution in [0.15, 0.2) is 23.0 Å². The van der Waals surface area contributed by atoms with E-state index in [0.29, 0.717) is 6.42 Å². The summed E-state index contributed by atoms with van der Waals surface area (Å²) < 4.78 is 10.8. The highest BCUT2D eigenvalue weighted by Crippen LogP contribution is 2.43. The summed E-state index contributed by atoms with van der Waals surface area (Å²) in [4.78, 5) is 11.9. The molecule has 1 fully saturated rings. The molecule has 0 spiro atoms. The smallest absolute Gasteiger partial charge is 0.224 e. The molecular weight excluding hydrogens is 242 g/mol. The van der Waals surface area contributed by atoms with Crippen molar-refractivity contribution >= 4 is 5.91 Å². The van der Waals surface area contributed by atoms with E-state index in [2.05, 4.69) is 19.2 Å². The standard InChI is InChI=1S/C15H23NO3/c1-10(2)19-13-8-12(15(13,3)4)16-14(17)7-11-5-6-18-9-11/h5-6,9-10,12-13H,7-8H2,1-4H3,(H,16,17). The van der Waals surface area contributed by atoms with Crippen LogP contribution in [0.2, 0.25) is 0 Å². The van der Waals surface area contributed by atoms with Crippen LogP contribution >= 0.6 is 0 Å². The molecule has 1 aliphatic rings. The first-order valence-corrected chi connectivity index (χ1v) is 6.85. The maximum atomic E-state index is 11.9. The van der Waals surface area contributed by atoms with Gasteiger partial charge in [0.25, 0.3) is 0 Å². The zero-order valence-corrected chi connectivity index (χ0v) is 12.1. The molecule has 4 nitrogen and oxygen atoms in total. The molecule has 1 aromatic rings. The monoisotopic (exact) mass is 265 g/mol. The van der Waals surface area contributed by atoms with Gasteiger partial charge in [-0.2, -0.15) is 0 Å². The largest absolute Gasteiger partial charge is 0.472 e. The Labute approximate surface area is 114 Å². The second-order valence-electron chi connectivity index (χ2n) is 6.16. The Morgan fingerprint density at radius 2 is 2.32 bits per heavy atom. The van der Waals surface area contributed by atoms with Crippen LogP contribution in [0.1, 0.15) is 39.7 Å². The molecule has 4 heteroatoms. The number of carbonyl (C=O) groups excluding carboxylic acids is 1. The summed E-state index contributed by atoms with van der Waals surface area (Å²) in [5.41, 5.74) is 0.903. The number of carbonyl (C=O) groups is 1. The predicted octanol–water partition coefficient (Wildman–Crippen LogP) is 2.53. The average Bonchev–Trinajstić information content (AvgIpc) is 2.80. The highest BCUT2D eigenvalue weighted by atomic mass is 16.5. The molecule has 2 rings (SSSR count). The third kappa shape index (κ3) is 3.18. The predicted molar refractivity (Wildman–Crippen MR) is 72.7 cm³/mol. The molecule has 1 aromatic heterocycles. The first kappa shape index (κ1) is 14.1. The third-order valence-electron chi connectivity index (χ3n) is 3.89. The minimum Gasteiger partial charge on any atom is -0.472 e. The lowest BCUT2D eigenvalue weighted by Crippen LogP contribution is -2.62. The number of ether oxygens (including phenoxy) is 1. The molecule has 106 valence electrons. The fourth-order valence-electron chi connectivity index (χ4n) is 2.51. The van der Waals surface area contributed by atoms with Gasteiger partial charge in [-0.05, 0) is 31.9 Å². The highest BCUT2D eigenvalue weighted by molar-refractivity contribution is 5.79. The van der Waals surface area contributed by atoms with Crippen molar-refractivity contribution in [2.45, 2.75) is 58.8 Å². The van der Waals surface area contributed by atoms with E-state index in [1.807, 2.05) is 19.9 Å². The molecule has 0 saturated heterocycles. The van der Waals surface area contributed by atoms with E-state index in [4.69, 9.17) is 9.15 Å². The molecule has 0 aliphatic heterocycles. The van der Waals surface area contributed by atoms with Crippen LogP contribution in [0.5, 0.6) is 0 Å². The zero-order valence-electron chi connectivity index (χ0n) is 12.1. The van der Waals surface area contributed by atoms with Gasteiger partial charge in [-0.3, -0.25) is 4.79 Å². The molecule has 0 radical (unpaired) electrons. The van der Waals surface area contributed by atoms with Gasteiger partial charge in [0.05, 0.1) is 31.2 Å². The maximum Gasteiger partial charge on any atom is 0.224 e. The van der Waals surface area contributed by atoms with Gasteiger partial charge >= 0.3 is 0 Å². The summed E-state index contributed by atoms with van der Waals surface area (Å²) in [6.07, 6.45) is 4.92. The fourth-order valence-corrected chi connectivity index (χ4v) is 2.51. The minimum absolute atomic E-state index is 0.00364. The van der Waals surface area contributed by atoms with Gasteiger partial charge in [-0.1, -0.05) is 13.8 Å². The van der Waals surface area contributed by atoms with E-state index >= 15 is 0 Å². The van der Waals surface area contributed by atoms with Crippen LogP contribution in [0.25, 0.3) is 0 Å². The second kappa shape index (κ2) is 5.37. The molecular formula is C15H23NO3. The van der Waals surface area contributed by atoms with E-state index < -0.39 is 0 Å². The normalized spacial score (nSPS) is 25.1. The van der Waals surface area contributed by atoms with Crippen LogP contribution in [-0.2, 0) is 16.0 Å². The van der Waals surface area contributed by atoms with E-state index in [0.717, 1.165) is 12.0 Å². The molecule has 19 heavy (non-hydrogen) atoms. The Morgan fingerprint density at radius 3 is 2.84 bits per heavy atom. The van der Waals surface area contributed by atoms with Crippen molar-refractivity contribution in [2.24, 2.45) is 5.41 Å². The van der Waals surface area contributed by atoms with Gasteiger partial charge in [0.2, 0.25) is 5.91 Å². The van der Waals surface area contributed by atoms with Crippen molar-refractivity contribution in [3.05, 3.63) is 24.2 Å². The van der Waals surface area contributed by atoms with E-state index in [9.17, 15) is 4.79 Å². The van der Waals surface area contributed by atoms with Crippen LogP contribution in [0, 0.1) is 5.41 Å². The lowest BCUT2D eigenvalue weighted by atomic mass is 9.64. The summed E-state index contributed by atoms with van der Waals surface area (Å²) in [6.45, 7) is 8.38. The molecule has 0 aromatic carbocycles. The lowest BCUT2D eigenvalue weighted by molar-refractivity contribution is -0.147. The SMILES string of the molecule is CC(C)OC1CC(NC(=O)Cc2ccoc2)C1(C)C. The number of hydrogen-bond acceptors (Lipinski definition) is 3. The van der Waals surface area contributed by atoms with Crippen LogP contribution in [-0.4, -0.2) is 24.2 Å². The first-order valence-electron chi connectivity index (χ1n) is 6.85. The zero-order chi connectivity index (χ0) is 14.0. The number of hydrogen-bond donors (Lipinski definition) is 1. The number of amides is 1. The Hall–Kier alpha value is -1.29. The van der Waals surface area contributed by atoms with Crippen molar-refractivity contribution in [1.29, 1.82) is 0 Å². The first-order chi connectivity index (χ1) is 8.89. The number of rotatable bonds is 5. The second-order valence-corrected chi connectivity index (χ2v) is 6.16. The Kier molecular flexibility index (Phi) is 3.99. The topological polar surface area (TPSA) is 51.5 Å². The Morgan fingerprint density at radius 1 is 1.58 bits per heavy atom. The minimum atomic E-state index is -0.00364. The van der Waals surface area contributed by atoms with Crippen molar-refractivity contribution in [3.8, 4) is 0 Å². The molecule has 1 saturated carbocycles. The van der Waals surface area contributed by atoms with E-state index in [1.54, 1.807) is 12.5 Å². The summed E-state index contributed by atoms with van der Waals surface area (Å²) in [6, 6.07) is 2.01. The summed E-state index contributed by atoms with van der Waals surface area (Å²) in [5, 5.41) is 3.09. The Bertz CT molecular complexity index is 423. The number of nitrogens with one attached hydrogen (secondary N) is 1. The van der Waals surface area contributed by atoms with E-state index in [1.165, 1.54) is 0 Å². The van der Waals surface area contributed by atoms with Gasteiger partial charge in [0, 0.05) is 11.5 Å². The van der Waals surface area contributed by atoms with Gasteiger partial charge < -0.3 is 14.5 Å². The van der Waals surface area contributed by atoms with Crippen molar-refractivity contribution < 1.29 is 13.9 Å². The van der Waals surface area contributed by atoms with Crippen molar-refractivity contribution in [3.63, 3.8) is 0 Å². The van der Waals surface area contributed by atoms with Gasteiger partial charge in [-0.15, -0.1) is 0 Å². The lowest BCUT2D eigenvalue weighted by Gasteiger charge is -2.52. The number of furan rings is 1. The van der Waals surface area contributed by atoms with Crippen LogP contribution in [0.4, 0.5) is 0 Å². The molecule has 1 N–H and O–H groups in total. The summed E-state index contributed by atoms with van der Waals surface area (Å²) in [5.74, 6) is 0.0440. The molecule has 2 atom stereocenters. The third-order valence-corrected chi connectivity index (χ3v) is 3.89. The molecule has 2 unspecified atom stereocenters. The molecule has 1 heterocycles. The van der Waals surface area contributed by atoms with Crippen LogP contribution in [0.3, 0.4) is 0 Å². The molecule has 0 bridgehead atoms. The molecule has 1 amide bonds. The average molecular weight is 265 g/mol. The van der Waals surface area contributed by atoms with Gasteiger partial charge in [0.15, 0.2) is 0 Å². The van der Waals surface area contributed by atoms with E-state index in [-0.39, 0.29) is 29.6 Å². The highest BCUT2D eigenvalue weighted by Gasteiger charge is 2.49. The van der Waals surface area contributed by atoms with Gasteiger partial charge in [0.1, 0.15) is 0 Å². The van der Waals surface area contributed by atoms with Crippen molar-refractivity contribution in [1.82, 2.24) is 5.32 Å². The summed E-state index contributed by atoms with van der Waals surface area (Å²) in [7, 11) is 0. The quantitative estimate of drug-likeness (QED) is 0.890. The van der Waals surface area contributed by atoms with Crippen LogP contribution < -0.4 is 5.32 Å². The summed E-state index contributed by atoms with van der Waals surface area (Å²) >= 11 is 0. The fraction of sp³-hybridized carbons (Fsp3) is 0.667. The van der Waals surface area contributed by atoms with Gasteiger partial charge in [-0.25, -0.2) is 0 Å². The molecule has 1 aliphatic carbocycles. The maximum absolute atomic E-state index is 11.9.